The second-order valence-electron chi connectivity index (χ2n) is 5.59. The van der Waals surface area contributed by atoms with Crippen LogP contribution in [0.2, 0.25) is 0 Å². The van der Waals surface area contributed by atoms with Crippen LogP contribution in [0.5, 0.6) is 0 Å². The summed E-state index contributed by atoms with van der Waals surface area (Å²) in [6.45, 7) is 1.02. The Bertz CT molecular complexity index is 700. The molecular weight excluding hydrogens is 312 g/mol. The first-order valence-corrected chi connectivity index (χ1v) is 8.49. The number of amides is 2. The van der Waals surface area contributed by atoms with E-state index in [1.807, 2.05) is 5.38 Å². The van der Waals surface area contributed by atoms with Crippen molar-refractivity contribution in [2.45, 2.75) is 18.9 Å². The molecule has 0 spiro atoms. The largest absolute Gasteiger partial charge is 0.391 e. The van der Waals surface area contributed by atoms with E-state index in [0.717, 1.165) is 12.8 Å². The van der Waals surface area contributed by atoms with Gasteiger partial charge in [-0.25, -0.2) is 0 Å². The fraction of sp³-hybridized carbons (Fsp3) is 0.294. The highest BCUT2D eigenvalue weighted by atomic mass is 32.1. The molecule has 23 heavy (non-hydrogen) atoms. The molecule has 120 valence electrons. The second kappa shape index (κ2) is 6.93. The van der Waals surface area contributed by atoms with Crippen LogP contribution < -0.4 is 5.32 Å². The van der Waals surface area contributed by atoms with Crippen LogP contribution in [0.4, 0.5) is 5.69 Å². The number of β-amino-alcohol motifs (C(OH)–C–C–N with tert-alkyl or cyclic N) is 1. The average molecular weight is 330 g/mol. The third-order valence-electron chi connectivity index (χ3n) is 3.83. The van der Waals surface area contributed by atoms with E-state index in [0.29, 0.717) is 29.9 Å². The molecule has 2 aromatic rings. The van der Waals surface area contributed by atoms with Crippen molar-refractivity contribution in [3.8, 4) is 0 Å². The van der Waals surface area contributed by atoms with Crippen LogP contribution in [0.1, 0.15) is 33.6 Å². The van der Waals surface area contributed by atoms with Gasteiger partial charge in [-0.2, -0.15) is 11.3 Å². The quantitative estimate of drug-likeness (QED) is 0.909. The van der Waals surface area contributed by atoms with Gasteiger partial charge in [0.15, 0.2) is 0 Å². The van der Waals surface area contributed by atoms with E-state index in [-0.39, 0.29) is 11.8 Å². The molecule has 6 heteroatoms. The van der Waals surface area contributed by atoms with Crippen LogP contribution >= 0.6 is 11.3 Å². The Labute approximate surface area is 138 Å². The number of anilines is 1. The Morgan fingerprint density at radius 2 is 2.13 bits per heavy atom. The van der Waals surface area contributed by atoms with Crippen molar-refractivity contribution in [1.29, 1.82) is 0 Å². The highest BCUT2D eigenvalue weighted by Crippen LogP contribution is 2.18. The Morgan fingerprint density at radius 1 is 1.26 bits per heavy atom. The summed E-state index contributed by atoms with van der Waals surface area (Å²) in [5.41, 5.74) is 1.71. The van der Waals surface area contributed by atoms with Gasteiger partial charge in [0.05, 0.1) is 11.7 Å². The fourth-order valence-electron chi connectivity index (χ4n) is 2.65. The number of carbonyl (C=O) groups is 2. The Balaban J connectivity index is 1.72. The van der Waals surface area contributed by atoms with Gasteiger partial charge in [0.1, 0.15) is 0 Å². The van der Waals surface area contributed by atoms with Gasteiger partial charge in [-0.05, 0) is 42.5 Å². The van der Waals surface area contributed by atoms with Crippen molar-refractivity contribution in [3.05, 3.63) is 52.2 Å². The van der Waals surface area contributed by atoms with Crippen LogP contribution in [-0.2, 0) is 0 Å². The number of benzene rings is 1. The zero-order chi connectivity index (χ0) is 16.2. The Hall–Kier alpha value is -2.18. The van der Waals surface area contributed by atoms with Gasteiger partial charge in [0.25, 0.3) is 11.8 Å². The van der Waals surface area contributed by atoms with Crippen LogP contribution in [0, 0.1) is 0 Å². The molecule has 1 aliphatic heterocycles. The molecule has 2 heterocycles. The maximum absolute atomic E-state index is 12.5. The number of piperidine rings is 1. The van der Waals surface area contributed by atoms with Crippen molar-refractivity contribution in [1.82, 2.24) is 4.90 Å². The predicted octanol–water partition coefficient (Wildman–Crippen LogP) is 2.60. The number of hydrogen-bond donors (Lipinski definition) is 2. The van der Waals surface area contributed by atoms with E-state index in [1.54, 1.807) is 40.6 Å². The minimum atomic E-state index is -0.450. The first-order chi connectivity index (χ1) is 11.1. The second-order valence-corrected chi connectivity index (χ2v) is 6.37. The zero-order valence-electron chi connectivity index (χ0n) is 12.6. The van der Waals surface area contributed by atoms with E-state index >= 15 is 0 Å². The molecule has 0 aliphatic carbocycles. The summed E-state index contributed by atoms with van der Waals surface area (Å²) < 4.78 is 0. The highest BCUT2D eigenvalue weighted by molar-refractivity contribution is 7.08. The SMILES string of the molecule is O=C(Nc1cccc(C(=O)N2CCC[C@H](O)C2)c1)c1ccsc1. The molecule has 1 saturated heterocycles. The molecule has 1 aromatic carbocycles. The number of thiophene rings is 1. The van der Waals surface area contributed by atoms with E-state index in [1.165, 1.54) is 11.3 Å². The Morgan fingerprint density at radius 3 is 2.87 bits per heavy atom. The van der Waals surface area contributed by atoms with E-state index < -0.39 is 6.10 Å². The smallest absolute Gasteiger partial charge is 0.256 e. The molecule has 2 N–H and O–H groups in total. The normalized spacial score (nSPS) is 17.8. The van der Waals surface area contributed by atoms with Crippen LogP contribution in [0.15, 0.2) is 41.1 Å². The number of aliphatic hydroxyl groups is 1. The van der Waals surface area contributed by atoms with Gasteiger partial charge < -0.3 is 15.3 Å². The molecular formula is C17H18N2O3S. The first-order valence-electron chi connectivity index (χ1n) is 7.54. The summed E-state index contributed by atoms with van der Waals surface area (Å²) in [5.74, 6) is -0.306. The summed E-state index contributed by atoms with van der Waals surface area (Å²) in [4.78, 5) is 26.2. The molecule has 3 rings (SSSR count). The number of nitrogens with zero attached hydrogens (tertiary/aromatic N) is 1. The highest BCUT2D eigenvalue weighted by Gasteiger charge is 2.23. The topological polar surface area (TPSA) is 69.6 Å². The minimum Gasteiger partial charge on any atom is -0.391 e. The van der Waals surface area contributed by atoms with Gasteiger partial charge in [-0.1, -0.05) is 6.07 Å². The number of likely N-dealkylation sites (tertiary alicyclic amines) is 1. The minimum absolute atomic E-state index is 0.115. The van der Waals surface area contributed by atoms with E-state index in [2.05, 4.69) is 5.32 Å². The lowest BCUT2D eigenvalue weighted by Crippen LogP contribution is -2.42. The first kappa shape index (κ1) is 15.7. The molecule has 1 atom stereocenters. The van der Waals surface area contributed by atoms with Crippen molar-refractivity contribution >= 4 is 28.8 Å². The van der Waals surface area contributed by atoms with Gasteiger partial charge in [-0.3, -0.25) is 9.59 Å². The van der Waals surface area contributed by atoms with Gasteiger partial charge in [0, 0.05) is 29.7 Å². The van der Waals surface area contributed by atoms with Crippen molar-refractivity contribution in [3.63, 3.8) is 0 Å². The van der Waals surface area contributed by atoms with Crippen molar-refractivity contribution in [2.24, 2.45) is 0 Å². The number of hydrogen-bond acceptors (Lipinski definition) is 4. The number of carbonyl (C=O) groups excluding carboxylic acids is 2. The molecule has 0 saturated carbocycles. The van der Waals surface area contributed by atoms with E-state index in [4.69, 9.17) is 0 Å². The molecule has 1 fully saturated rings. The van der Waals surface area contributed by atoms with Crippen LogP contribution in [0.25, 0.3) is 0 Å². The standard InChI is InChI=1S/C17H18N2O3S/c20-15-5-2-7-19(10-15)17(22)12-3-1-4-14(9-12)18-16(21)13-6-8-23-11-13/h1,3-4,6,8-9,11,15,20H,2,5,7,10H2,(H,18,21)/t15-/m0/s1. The maximum Gasteiger partial charge on any atom is 0.256 e. The van der Waals surface area contributed by atoms with Crippen LogP contribution in [0.3, 0.4) is 0 Å². The molecule has 0 unspecified atom stereocenters. The maximum atomic E-state index is 12.5. The number of nitrogens with one attached hydrogen (secondary N) is 1. The average Bonchev–Trinajstić information content (AvgIpc) is 3.09. The lowest BCUT2D eigenvalue weighted by atomic mass is 10.1. The molecule has 0 radical (unpaired) electrons. The molecule has 1 aliphatic rings. The molecule has 2 amide bonds. The molecule has 5 nitrogen and oxygen atoms in total. The van der Waals surface area contributed by atoms with Crippen LogP contribution in [-0.4, -0.2) is 41.0 Å². The third-order valence-corrected chi connectivity index (χ3v) is 4.52. The van der Waals surface area contributed by atoms with E-state index in [9.17, 15) is 14.7 Å². The number of aliphatic hydroxyl groups excluding tert-OH is 1. The summed E-state index contributed by atoms with van der Waals surface area (Å²) in [5, 5.41) is 16.1. The lowest BCUT2D eigenvalue weighted by molar-refractivity contribution is 0.0474. The molecule has 1 aromatic heterocycles. The zero-order valence-corrected chi connectivity index (χ0v) is 13.4. The van der Waals surface area contributed by atoms with Gasteiger partial charge in [0.2, 0.25) is 0 Å². The van der Waals surface area contributed by atoms with Crippen molar-refractivity contribution < 1.29 is 14.7 Å². The predicted molar refractivity (Wildman–Crippen MR) is 89.9 cm³/mol. The third kappa shape index (κ3) is 3.78. The molecule has 0 bridgehead atoms. The fourth-order valence-corrected chi connectivity index (χ4v) is 3.28. The number of rotatable bonds is 3. The monoisotopic (exact) mass is 330 g/mol. The lowest BCUT2D eigenvalue weighted by Gasteiger charge is -2.30. The van der Waals surface area contributed by atoms with Gasteiger partial charge >= 0.3 is 0 Å². The summed E-state index contributed by atoms with van der Waals surface area (Å²) in [6, 6.07) is 8.66. The summed E-state index contributed by atoms with van der Waals surface area (Å²) in [7, 11) is 0. The van der Waals surface area contributed by atoms with Gasteiger partial charge in [-0.15, -0.1) is 0 Å². The summed E-state index contributed by atoms with van der Waals surface area (Å²) in [6.07, 6.45) is 1.09. The summed E-state index contributed by atoms with van der Waals surface area (Å²) >= 11 is 1.46. The van der Waals surface area contributed by atoms with Crippen molar-refractivity contribution in [2.75, 3.05) is 18.4 Å². The Kier molecular flexibility index (Phi) is 4.73.